The van der Waals surface area contributed by atoms with Crippen LogP contribution in [-0.2, 0) is 10.0 Å². The van der Waals surface area contributed by atoms with E-state index in [-0.39, 0.29) is 11.4 Å². The van der Waals surface area contributed by atoms with E-state index in [4.69, 9.17) is 11.6 Å². The summed E-state index contributed by atoms with van der Waals surface area (Å²) >= 11 is 5.47. The van der Waals surface area contributed by atoms with Crippen molar-refractivity contribution in [3.63, 3.8) is 0 Å². The summed E-state index contributed by atoms with van der Waals surface area (Å²) in [7, 11) is -1.60. The van der Waals surface area contributed by atoms with Crippen LogP contribution in [0.1, 0.15) is 0 Å². The van der Waals surface area contributed by atoms with Crippen molar-refractivity contribution in [2.75, 3.05) is 23.3 Å². The lowest BCUT2D eigenvalue weighted by molar-refractivity contribution is -0.387. The van der Waals surface area contributed by atoms with Crippen LogP contribution in [0.25, 0.3) is 0 Å². The third kappa shape index (κ3) is 3.57. The number of rotatable bonds is 5. The summed E-state index contributed by atoms with van der Waals surface area (Å²) in [6.07, 6.45) is 0. The van der Waals surface area contributed by atoms with Gasteiger partial charge in [-0.3, -0.25) is 24.1 Å². The molecule has 0 spiro atoms. The number of nitro benzene ring substituents is 1. The van der Waals surface area contributed by atoms with Crippen LogP contribution in [-0.4, -0.2) is 32.8 Å². The molecule has 1 amide bonds. The molecular formula is C15H14ClN3O5S. The first-order valence-electron chi connectivity index (χ1n) is 6.92. The van der Waals surface area contributed by atoms with Crippen molar-refractivity contribution >= 4 is 44.1 Å². The molecule has 132 valence electrons. The largest absolute Gasteiger partial charge is 0.320 e. The van der Waals surface area contributed by atoms with Gasteiger partial charge in [-0.1, -0.05) is 24.3 Å². The second-order valence-electron chi connectivity index (χ2n) is 5.00. The van der Waals surface area contributed by atoms with E-state index in [1.807, 2.05) is 0 Å². The highest BCUT2D eigenvalue weighted by molar-refractivity contribution is 7.93. The van der Waals surface area contributed by atoms with Gasteiger partial charge in [0.2, 0.25) is 0 Å². The van der Waals surface area contributed by atoms with Crippen LogP contribution in [0.5, 0.6) is 0 Å². The van der Waals surface area contributed by atoms with Crippen molar-refractivity contribution < 1.29 is 18.1 Å². The van der Waals surface area contributed by atoms with Gasteiger partial charge in [0.1, 0.15) is 0 Å². The van der Waals surface area contributed by atoms with Gasteiger partial charge in [0, 0.05) is 20.2 Å². The predicted molar refractivity (Wildman–Crippen MR) is 94.8 cm³/mol. The van der Waals surface area contributed by atoms with Crippen molar-refractivity contribution in [1.82, 2.24) is 0 Å². The minimum Gasteiger partial charge on any atom is -0.300 e. The Morgan fingerprint density at radius 3 is 2.12 bits per heavy atom. The Morgan fingerprint density at radius 1 is 1.04 bits per heavy atom. The summed E-state index contributed by atoms with van der Waals surface area (Å²) in [5.41, 5.74) is -0.141. The Labute approximate surface area is 149 Å². The molecule has 0 saturated heterocycles. The first-order chi connectivity index (χ1) is 11.7. The fraction of sp³-hybridized carbons (Fsp3) is 0.133. The Kier molecular flexibility index (Phi) is 5.29. The third-order valence-corrected chi connectivity index (χ3v) is 5.62. The molecule has 0 heterocycles. The van der Waals surface area contributed by atoms with Crippen LogP contribution in [0.2, 0.25) is 0 Å². The molecule has 2 rings (SSSR count). The average Bonchev–Trinajstić information content (AvgIpc) is 2.60. The van der Waals surface area contributed by atoms with Crippen LogP contribution < -0.4 is 9.21 Å². The van der Waals surface area contributed by atoms with Gasteiger partial charge in [0.25, 0.3) is 15.7 Å². The fourth-order valence-corrected chi connectivity index (χ4v) is 3.67. The minimum atomic E-state index is -4.24. The van der Waals surface area contributed by atoms with E-state index in [2.05, 4.69) is 0 Å². The smallest absolute Gasteiger partial charge is 0.300 e. The summed E-state index contributed by atoms with van der Waals surface area (Å²) in [4.78, 5) is 22.4. The molecule has 0 aromatic heterocycles. The predicted octanol–water partition coefficient (Wildman–Crippen LogP) is 3.21. The zero-order valence-electron chi connectivity index (χ0n) is 13.3. The summed E-state index contributed by atoms with van der Waals surface area (Å²) in [6, 6.07) is 11.2. The lowest BCUT2D eigenvalue weighted by Crippen LogP contribution is -2.30. The molecule has 0 bridgehead atoms. The Bertz CT molecular complexity index is 932. The molecule has 25 heavy (non-hydrogen) atoms. The molecule has 10 heteroatoms. The van der Waals surface area contributed by atoms with E-state index in [1.165, 1.54) is 38.4 Å². The Balaban J connectivity index is 2.60. The second-order valence-corrected chi connectivity index (χ2v) is 7.26. The van der Waals surface area contributed by atoms with Crippen LogP contribution in [0, 0.1) is 10.1 Å². The molecule has 2 aromatic rings. The van der Waals surface area contributed by atoms with Gasteiger partial charge in [-0.05, 0) is 29.8 Å². The van der Waals surface area contributed by atoms with Gasteiger partial charge in [0.15, 0.2) is 4.90 Å². The van der Waals surface area contributed by atoms with Gasteiger partial charge in [-0.2, -0.15) is 0 Å². The van der Waals surface area contributed by atoms with Crippen molar-refractivity contribution in [3.8, 4) is 0 Å². The minimum absolute atomic E-state index is 0.150. The Hall–Kier alpha value is -2.65. The number of nitro groups is 1. The number of benzene rings is 2. The molecule has 0 fully saturated rings. The van der Waals surface area contributed by atoms with E-state index >= 15 is 0 Å². The van der Waals surface area contributed by atoms with Crippen molar-refractivity contribution in [1.29, 1.82) is 0 Å². The van der Waals surface area contributed by atoms with Gasteiger partial charge in [0.05, 0.1) is 16.3 Å². The van der Waals surface area contributed by atoms with E-state index in [9.17, 15) is 23.3 Å². The normalized spacial score (nSPS) is 11.0. The monoisotopic (exact) mass is 383 g/mol. The number of sulfonamides is 1. The number of halogens is 1. The molecular weight excluding hydrogens is 370 g/mol. The van der Waals surface area contributed by atoms with E-state index in [0.717, 1.165) is 21.3 Å². The number of carbonyl (C=O) groups excluding carboxylic acids is 1. The maximum atomic E-state index is 12.9. The SMILES string of the molecule is CN(C(=O)Cl)c1ccccc1N(C)S(=O)(=O)c1ccccc1[N+](=O)[O-]. The maximum Gasteiger partial charge on any atom is 0.320 e. The first kappa shape index (κ1) is 18.7. The summed E-state index contributed by atoms with van der Waals surface area (Å²) in [5, 5.41) is 10.3. The highest BCUT2D eigenvalue weighted by atomic mass is 35.5. The zero-order chi connectivity index (χ0) is 18.8. The second kappa shape index (κ2) is 7.08. The average molecular weight is 384 g/mol. The van der Waals surface area contributed by atoms with E-state index < -0.39 is 30.9 Å². The third-order valence-electron chi connectivity index (χ3n) is 3.55. The summed E-state index contributed by atoms with van der Waals surface area (Å²) in [5.74, 6) is 0. The van der Waals surface area contributed by atoms with Gasteiger partial charge in [-0.25, -0.2) is 8.42 Å². The van der Waals surface area contributed by atoms with Crippen LogP contribution >= 0.6 is 11.6 Å². The molecule has 0 unspecified atom stereocenters. The van der Waals surface area contributed by atoms with Crippen LogP contribution in [0.15, 0.2) is 53.4 Å². The zero-order valence-corrected chi connectivity index (χ0v) is 14.9. The summed E-state index contributed by atoms with van der Waals surface area (Å²) < 4.78 is 26.7. The summed E-state index contributed by atoms with van der Waals surface area (Å²) in [6.45, 7) is 0. The number of para-hydroxylation sites is 3. The molecule has 2 aromatic carbocycles. The van der Waals surface area contributed by atoms with Gasteiger partial charge in [-0.15, -0.1) is 0 Å². The first-order valence-corrected chi connectivity index (χ1v) is 8.74. The highest BCUT2D eigenvalue weighted by Gasteiger charge is 2.31. The number of carbonyl (C=O) groups is 1. The molecule has 0 N–H and O–H groups in total. The molecule has 8 nitrogen and oxygen atoms in total. The standard InChI is InChI=1S/C15H14ClN3O5S/c1-17(15(16)20)11-7-3-4-8-12(11)18(2)25(23,24)14-10-6-5-9-13(14)19(21)22/h3-10H,1-2H3. The molecule has 0 saturated carbocycles. The lowest BCUT2D eigenvalue weighted by Gasteiger charge is -2.25. The van der Waals surface area contributed by atoms with Crippen LogP contribution in [0.3, 0.4) is 0 Å². The topological polar surface area (TPSA) is 101 Å². The fourth-order valence-electron chi connectivity index (χ4n) is 2.21. The van der Waals surface area contributed by atoms with Crippen molar-refractivity contribution in [2.24, 2.45) is 0 Å². The number of hydrogen-bond donors (Lipinski definition) is 0. The van der Waals surface area contributed by atoms with Gasteiger partial charge < -0.3 is 0 Å². The highest BCUT2D eigenvalue weighted by Crippen LogP contribution is 2.34. The quantitative estimate of drug-likeness (QED) is 0.341. The van der Waals surface area contributed by atoms with Crippen LogP contribution in [0.4, 0.5) is 21.9 Å². The number of anilines is 2. The molecule has 0 aliphatic heterocycles. The molecule has 0 aliphatic carbocycles. The maximum absolute atomic E-state index is 12.9. The molecule has 0 radical (unpaired) electrons. The number of nitrogens with zero attached hydrogens (tertiary/aromatic N) is 3. The van der Waals surface area contributed by atoms with Crippen molar-refractivity contribution in [3.05, 3.63) is 58.6 Å². The number of amides is 1. The molecule has 0 aliphatic rings. The van der Waals surface area contributed by atoms with Crippen molar-refractivity contribution in [2.45, 2.75) is 4.90 Å². The van der Waals surface area contributed by atoms with Gasteiger partial charge >= 0.3 is 5.37 Å². The molecule has 0 atom stereocenters. The lowest BCUT2D eigenvalue weighted by atomic mass is 10.2. The van der Waals surface area contributed by atoms with E-state index in [1.54, 1.807) is 12.1 Å². The Morgan fingerprint density at radius 2 is 1.56 bits per heavy atom. The van der Waals surface area contributed by atoms with E-state index in [0.29, 0.717) is 0 Å². The number of hydrogen-bond acceptors (Lipinski definition) is 5.